The fraction of sp³-hybridized carbons (Fsp3) is 1.00. The minimum atomic E-state index is 0.666. The monoisotopic (exact) mass is 199 g/mol. The van der Waals surface area contributed by atoms with Gasteiger partial charge in [-0.1, -0.05) is 6.92 Å². The molecular formula is C11H25N3. The predicted molar refractivity (Wildman–Crippen MR) is 61.5 cm³/mol. The highest BCUT2D eigenvalue weighted by Crippen LogP contribution is 2.04. The van der Waals surface area contributed by atoms with Crippen molar-refractivity contribution in [2.75, 3.05) is 46.4 Å². The SMILES string of the molecule is CCN(CN1CCN(C)CC1)C(C)C. The molecule has 1 rings (SSSR count). The van der Waals surface area contributed by atoms with Gasteiger partial charge >= 0.3 is 0 Å². The Labute approximate surface area is 88.7 Å². The maximum absolute atomic E-state index is 2.56. The lowest BCUT2D eigenvalue weighted by atomic mass is 10.3. The average Bonchev–Trinajstić information content (AvgIpc) is 2.16. The third kappa shape index (κ3) is 3.56. The summed E-state index contributed by atoms with van der Waals surface area (Å²) in [5.41, 5.74) is 0. The minimum absolute atomic E-state index is 0.666. The summed E-state index contributed by atoms with van der Waals surface area (Å²) in [4.78, 5) is 7.48. The lowest BCUT2D eigenvalue weighted by Crippen LogP contribution is -2.50. The molecule has 0 aliphatic carbocycles. The molecule has 0 bridgehead atoms. The van der Waals surface area contributed by atoms with Crippen LogP contribution in [0.4, 0.5) is 0 Å². The van der Waals surface area contributed by atoms with Crippen LogP contribution in [0.5, 0.6) is 0 Å². The Morgan fingerprint density at radius 3 is 2.14 bits per heavy atom. The molecule has 0 aromatic heterocycles. The maximum Gasteiger partial charge on any atom is 0.0509 e. The van der Waals surface area contributed by atoms with Crippen LogP contribution >= 0.6 is 0 Å². The highest BCUT2D eigenvalue weighted by molar-refractivity contribution is 4.70. The molecule has 3 heteroatoms. The first-order chi connectivity index (χ1) is 6.63. The molecule has 0 amide bonds. The van der Waals surface area contributed by atoms with E-state index >= 15 is 0 Å². The van der Waals surface area contributed by atoms with E-state index in [1.165, 1.54) is 26.2 Å². The van der Waals surface area contributed by atoms with Crippen molar-refractivity contribution in [2.45, 2.75) is 26.8 Å². The van der Waals surface area contributed by atoms with Crippen molar-refractivity contribution in [2.24, 2.45) is 0 Å². The Balaban J connectivity index is 2.29. The number of hydrogen-bond acceptors (Lipinski definition) is 3. The number of nitrogens with zero attached hydrogens (tertiary/aromatic N) is 3. The zero-order valence-electron chi connectivity index (χ0n) is 10.2. The smallest absolute Gasteiger partial charge is 0.0509 e. The molecule has 1 aliphatic heterocycles. The van der Waals surface area contributed by atoms with Crippen LogP contribution in [0, 0.1) is 0 Å². The lowest BCUT2D eigenvalue weighted by molar-refractivity contribution is 0.0706. The van der Waals surface area contributed by atoms with E-state index in [2.05, 4.69) is 42.5 Å². The van der Waals surface area contributed by atoms with Gasteiger partial charge in [0, 0.05) is 32.2 Å². The van der Waals surface area contributed by atoms with E-state index in [1.807, 2.05) is 0 Å². The summed E-state index contributed by atoms with van der Waals surface area (Å²) in [6, 6.07) is 0.666. The summed E-state index contributed by atoms with van der Waals surface area (Å²) in [5, 5.41) is 0. The van der Waals surface area contributed by atoms with Crippen molar-refractivity contribution < 1.29 is 0 Å². The van der Waals surface area contributed by atoms with Crippen LogP contribution in [0.25, 0.3) is 0 Å². The van der Waals surface area contributed by atoms with Crippen LogP contribution in [0.2, 0.25) is 0 Å². The van der Waals surface area contributed by atoms with E-state index in [-0.39, 0.29) is 0 Å². The van der Waals surface area contributed by atoms with Gasteiger partial charge in [0.15, 0.2) is 0 Å². The molecule has 0 atom stereocenters. The molecule has 0 radical (unpaired) electrons. The third-order valence-electron chi connectivity index (χ3n) is 3.11. The lowest BCUT2D eigenvalue weighted by Gasteiger charge is -2.37. The standard InChI is InChI=1S/C11H25N3/c1-5-14(11(2)3)10-13-8-6-12(4)7-9-13/h11H,5-10H2,1-4H3. The van der Waals surface area contributed by atoms with Gasteiger partial charge in [0.05, 0.1) is 6.67 Å². The van der Waals surface area contributed by atoms with Gasteiger partial charge in [-0.15, -0.1) is 0 Å². The molecule has 1 aliphatic rings. The summed E-state index contributed by atoms with van der Waals surface area (Å²) >= 11 is 0. The van der Waals surface area contributed by atoms with E-state index in [0.717, 1.165) is 13.2 Å². The Kier molecular flexibility index (Phi) is 4.85. The molecule has 0 spiro atoms. The second kappa shape index (κ2) is 5.69. The van der Waals surface area contributed by atoms with Gasteiger partial charge in [-0.25, -0.2) is 0 Å². The largest absolute Gasteiger partial charge is 0.304 e. The molecule has 84 valence electrons. The van der Waals surface area contributed by atoms with E-state index in [0.29, 0.717) is 6.04 Å². The van der Waals surface area contributed by atoms with E-state index in [9.17, 15) is 0 Å². The van der Waals surface area contributed by atoms with Gasteiger partial charge in [-0.3, -0.25) is 9.80 Å². The first-order valence-corrected chi connectivity index (χ1v) is 5.78. The van der Waals surface area contributed by atoms with E-state index in [4.69, 9.17) is 0 Å². The Hall–Kier alpha value is -0.120. The van der Waals surface area contributed by atoms with Gasteiger partial charge in [-0.05, 0) is 27.4 Å². The van der Waals surface area contributed by atoms with E-state index in [1.54, 1.807) is 0 Å². The van der Waals surface area contributed by atoms with Crippen LogP contribution in [0.3, 0.4) is 0 Å². The first kappa shape index (κ1) is 12.0. The molecule has 0 aromatic carbocycles. The average molecular weight is 199 g/mol. The van der Waals surface area contributed by atoms with Crippen molar-refractivity contribution in [3.63, 3.8) is 0 Å². The molecule has 0 aromatic rings. The van der Waals surface area contributed by atoms with E-state index < -0.39 is 0 Å². The molecule has 14 heavy (non-hydrogen) atoms. The molecule has 1 fully saturated rings. The molecule has 0 unspecified atom stereocenters. The molecular weight excluding hydrogens is 174 g/mol. The van der Waals surface area contributed by atoms with Crippen molar-refractivity contribution in [1.82, 2.24) is 14.7 Å². The number of hydrogen-bond donors (Lipinski definition) is 0. The first-order valence-electron chi connectivity index (χ1n) is 5.78. The second-order valence-corrected chi connectivity index (χ2v) is 4.56. The summed E-state index contributed by atoms with van der Waals surface area (Å²) in [6.07, 6.45) is 0. The van der Waals surface area contributed by atoms with Crippen LogP contribution in [-0.4, -0.2) is 67.2 Å². The Bertz CT molecular complexity index is 151. The van der Waals surface area contributed by atoms with Gasteiger partial charge in [0.1, 0.15) is 0 Å². The molecule has 1 saturated heterocycles. The number of rotatable bonds is 4. The van der Waals surface area contributed by atoms with Crippen molar-refractivity contribution in [3.8, 4) is 0 Å². The highest BCUT2D eigenvalue weighted by atomic mass is 15.3. The minimum Gasteiger partial charge on any atom is -0.304 e. The normalized spacial score (nSPS) is 21.0. The van der Waals surface area contributed by atoms with Crippen LogP contribution in [0.1, 0.15) is 20.8 Å². The van der Waals surface area contributed by atoms with Crippen LogP contribution < -0.4 is 0 Å². The van der Waals surface area contributed by atoms with Crippen molar-refractivity contribution >= 4 is 0 Å². The summed E-state index contributed by atoms with van der Waals surface area (Å²) in [6.45, 7) is 14.0. The zero-order valence-corrected chi connectivity index (χ0v) is 10.2. The predicted octanol–water partition coefficient (Wildman–Crippen LogP) is 0.922. The van der Waals surface area contributed by atoms with Gasteiger partial charge in [0.2, 0.25) is 0 Å². The summed E-state index contributed by atoms with van der Waals surface area (Å²) in [5.74, 6) is 0. The molecule has 0 saturated carbocycles. The van der Waals surface area contributed by atoms with Crippen LogP contribution in [0.15, 0.2) is 0 Å². The molecule has 1 heterocycles. The second-order valence-electron chi connectivity index (χ2n) is 4.56. The zero-order chi connectivity index (χ0) is 10.6. The quantitative estimate of drug-likeness (QED) is 0.667. The molecule has 0 N–H and O–H groups in total. The third-order valence-corrected chi connectivity index (χ3v) is 3.11. The number of piperazine rings is 1. The van der Waals surface area contributed by atoms with Crippen molar-refractivity contribution in [3.05, 3.63) is 0 Å². The Morgan fingerprint density at radius 1 is 1.14 bits per heavy atom. The summed E-state index contributed by atoms with van der Waals surface area (Å²) < 4.78 is 0. The molecule has 3 nitrogen and oxygen atoms in total. The number of likely N-dealkylation sites (N-methyl/N-ethyl adjacent to an activating group) is 1. The van der Waals surface area contributed by atoms with Gasteiger partial charge in [0.25, 0.3) is 0 Å². The summed E-state index contributed by atoms with van der Waals surface area (Å²) in [7, 11) is 2.21. The van der Waals surface area contributed by atoms with Crippen molar-refractivity contribution in [1.29, 1.82) is 0 Å². The fourth-order valence-corrected chi connectivity index (χ4v) is 1.87. The highest BCUT2D eigenvalue weighted by Gasteiger charge is 2.16. The van der Waals surface area contributed by atoms with Gasteiger partial charge in [-0.2, -0.15) is 0 Å². The topological polar surface area (TPSA) is 9.72 Å². The maximum atomic E-state index is 2.56. The fourth-order valence-electron chi connectivity index (χ4n) is 1.87. The Morgan fingerprint density at radius 2 is 1.71 bits per heavy atom. The van der Waals surface area contributed by atoms with Crippen LogP contribution in [-0.2, 0) is 0 Å². The van der Waals surface area contributed by atoms with Gasteiger partial charge < -0.3 is 4.90 Å².